The highest BCUT2D eigenvalue weighted by Gasteiger charge is 2.34. The molecule has 3 rings (SSSR count). The van der Waals surface area contributed by atoms with E-state index in [0.717, 1.165) is 10.6 Å². The molecule has 7 heteroatoms. The topological polar surface area (TPSA) is 71.5 Å². The Morgan fingerprint density at radius 3 is 3.04 bits per heavy atom. The lowest BCUT2D eigenvalue weighted by Crippen LogP contribution is -2.55. The van der Waals surface area contributed by atoms with Crippen LogP contribution in [0, 0.1) is 0 Å². The smallest absolute Gasteiger partial charge is 0.249 e. The van der Waals surface area contributed by atoms with Gasteiger partial charge >= 0.3 is 0 Å². The van der Waals surface area contributed by atoms with Crippen LogP contribution in [0.25, 0.3) is 0 Å². The minimum Gasteiger partial charge on any atom is -0.369 e. The van der Waals surface area contributed by atoms with Crippen LogP contribution in [0.5, 0.6) is 0 Å². The zero-order valence-electron chi connectivity index (χ0n) is 12.5. The van der Waals surface area contributed by atoms with Gasteiger partial charge in [-0.3, -0.25) is 14.6 Å². The summed E-state index contributed by atoms with van der Waals surface area (Å²) in [6.07, 6.45) is 1.68. The van der Waals surface area contributed by atoms with Gasteiger partial charge in [-0.05, 0) is 23.6 Å². The van der Waals surface area contributed by atoms with Crippen LogP contribution >= 0.6 is 11.3 Å². The molecule has 0 bridgehead atoms. The van der Waals surface area contributed by atoms with Crippen molar-refractivity contribution >= 4 is 23.2 Å². The predicted molar refractivity (Wildman–Crippen MR) is 85.6 cm³/mol. The van der Waals surface area contributed by atoms with E-state index < -0.39 is 6.04 Å². The molecule has 2 amide bonds. The molecule has 1 aliphatic rings. The fraction of sp³-hybridized carbons (Fsp3) is 0.312. The Morgan fingerprint density at radius 2 is 2.30 bits per heavy atom. The number of pyridine rings is 1. The fourth-order valence-electron chi connectivity index (χ4n) is 2.39. The second-order valence-electron chi connectivity index (χ2n) is 5.17. The molecule has 0 unspecified atom stereocenters. The molecule has 1 aliphatic heterocycles. The third kappa shape index (κ3) is 3.94. The van der Waals surface area contributed by atoms with Crippen molar-refractivity contribution < 1.29 is 14.3 Å². The van der Waals surface area contributed by atoms with Gasteiger partial charge in [0.05, 0.1) is 25.4 Å². The predicted octanol–water partition coefficient (Wildman–Crippen LogP) is 1.19. The third-order valence-corrected chi connectivity index (χ3v) is 4.44. The van der Waals surface area contributed by atoms with Gasteiger partial charge in [-0.15, -0.1) is 11.3 Å². The zero-order valence-corrected chi connectivity index (χ0v) is 13.3. The fourth-order valence-corrected chi connectivity index (χ4v) is 3.09. The minimum absolute atomic E-state index is 0.0232. The Morgan fingerprint density at radius 1 is 1.39 bits per heavy atom. The lowest BCUT2D eigenvalue weighted by atomic mass is 10.2. The van der Waals surface area contributed by atoms with Gasteiger partial charge in [0.1, 0.15) is 12.6 Å². The minimum atomic E-state index is -0.609. The number of ether oxygens (including phenoxy) is 1. The lowest BCUT2D eigenvalue weighted by molar-refractivity contribution is -0.155. The summed E-state index contributed by atoms with van der Waals surface area (Å²) in [5.41, 5.74) is 0.772. The molecule has 1 saturated heterocycles. The quantitative estimate of drug-likeness (QED) is 0.893. The molecule has 2 aromatic rings. The molecule has 3 heterocycles. The van der Waals surface area contributed by atoms with E-state index in [-0.39, 0.29) is 25.0 Å². The number of carbonyl (C=O) groups is 2. The van der Waals surface area contributed by atoms with Crippen LogP contribution in [0.1, 0.15) is 10.6 Å². The summed E-state index contributed by atoms with van der Waals surface area (Å²) < 4.78 is 5.25. The molecular formula is C16H17N3O3S. The van der Waals surface area contributed by atoms with E-state index in [0.29, 0.717) is 13.1 Å². The highest BCUT2D eigenvalue weighted by atomic mass is 32.1. The summed E-state index contributed by atoms with van der Waals surface area (Å²) in [5.74, 6) is -0.386. The van der Waals surface area contributed by atoms with E-state index in [1.807, 2.05) is 35.7 Å². The molecule has 2 aromatic heterocycles. The molecule has 0 aliphatic carbocycles. The molecule has 0 radical (unpaired) electrons. The Hall–Kier alpha value is -2.25. The maximum Gasteiger partial charge on any atom is 0.249 e. The van der Waals surface area contributed by atoms with Crippen LogP contribution in [-0.4, -0.2) is 41.0 Å². The number of rotatable bonds is 5. The van der Waals surface area contributed by atoms with E-state index in [2.05, 4.69) is 10.3 Å². The SMILES string of the molecule is O=C(NCc1ccccn1)[C@H]1COCC(=O)N1Cc1cccs1. The van der Waals surface area contributed by atoms with Crippen LogP contribution < -0.4 is 5.32 Å². The maximum atomic E-state index is 12.4. The van der Waals surface area contributed by atoms with Gasteiger partial charge in [0.2, 0.25) is 11.8 Å². The van der Waals surface area contributed by atoms with Crippen LogP contribution in [0.4, 0.5) is 0 Å². The monoisotopic (exact) mass is 331 g/mol. The Labute approximate surface area is 138 Å². The van der Waals surface area contributed by atoms with Crippen molar-refractivity contribution in [3.63, 3.8) is 0 Å². The highest BCUT2D eigenvalue weighted by Crippen LogP contribution is 2.17. The number of thiophene rings is 1. The molecule has 0 spiro atoms. The first-order chi connectivity index (χ1) is 11.2. The number of morpholine rings is 1. The van der Waals surface area contributed by atoms with Gasteiger partial charge in [0.15, 0.2) is 0 Å². The molecule has 0 aromatic carbocycles. The van der Waals surface area contributed by atoms with Crippen molar-refractivity contribution in [1.29, 1.82) is 0 Å². The van der Waals surface area contributed by atoms with Crippen molar-refractivity contribution in [1.82, 2.24) is 15.2 Å². The second-order valence-corrected chi connectivity index (χ2v) is 6.20. The summed E-state index contributed by atoms with van der Waals surface area (Å²) >= 11 is 1.57. The number of aromatic nitrogens is 1. The van der Waals surface area contributed by atoms with Gasteiger partial charge in [-0.2, -0.15) is 0 Å². The number of hydrogen-bond acceptors (Lipinski definition) is 5. The molecule has 23 heavy (non-hydrogen) atoms. The Kier molecular flexibility index (Phi) is 4.99. The summed E-state index contributed by atoms with van der Waals surface area (Å²) in [5, 5.41) is 4.78. The lowest BCUT2D eigenvalue weighted by Gasteiger charge is -2.34. The van der Waals surface area contributed by atoms with Crippen LogP contribution in [-0.2, 0) is 27.4 Å². The van der Waals surface area contributed by atoms with Gasteiger partial charge < -0.3 is 15.0 Å². The summed E-state index contributed by atoms with van der Waals surface area (Å²) in [7, 11) is 0. The summed E-state index contributed by atoms with van der Waals surface area (Å²) in [6.45, 7) is 0.999. The molecule has 1 fully saturated rings. The number of carbonyl (C=O) groups excluding carboxylic acids is 2. The average molecular weight is 331 g/mol. The molecular weight excluding hydrogens is 314 g/mol. The summed E-state index contributed by atoms with van der Waals surface area (Å²) in [6, 6.07) is 8.80. The number of amides is 2. The highest BCUT2D eigenvalue weighted by molar-refractivity contribution is 7.09. The first kappa shape index (κ1) is 15.6. The van der Waals surface area contributed by atoms with Crippen molar-refractivity contribution in [2.45, 2.75) is 19.1 Å². The molecule has 6 nitrogen and oxygen atoms in total. The van der Waals surface area contributed by atoms with E-state index in [1.165, 1.54) is 0 Å². The van der Waals surface area contributed by atoms with Gasteiger partial charge in [0, 0.05) is 11.1 Å². The Balaban J connectivity index is 1.65. The molecule has 0 saturated carbocycles. The third-order valence-electron chi connectivity index (χ3n) is 3.58. The molecule has 1 atom stereocenters. The number of nitrogens with zero attached hydrogens (tertiary/aromatic N) is 2. The van der Waals surface area contributed by atoms with Gasteiger partial charge in [-0.25, -0.2) is 0 Å². The van der Waals surface area contributed by atoms with E-state index in [1.54, 1.807) is 22.4 Å². The summed E-state index contributed by atoms with van der Waals surface area (Å²) in [4.78, 5) is 31.4. The van der Waals surface area contributed by atoms with Gasteiger partial charge in [-0.1, -0.05) is 12.1 Å². The van der Waals surface area contributed by atoms with Crippen LogP contribution in [0.3, 0.4) is 0 Å². The second kappa shape index (κ2) is 7.34. The van der Waals surface area contributed by atoms with Crippen molar-refractivity contribution in [3.05, 3.63) is 52.5 Å². The van der Waals surface area contributed by atoms with Crippen LogP contribution in [0.15, 0.2) is 41.9 Å². The Bertz CT molecular complexity index is 660. The zero-order chi connectivity index (χ0) is 16.1. The number of hydrogen-bond donors (Lipinski definition) is 1. The van der Waals surface area contributed by atoms with Crippen molar-refractivity contribution in [2.24, 2.45) is 0 Å². The largest absolute Gasteiger partial charge is 0.369 e. The van der Waals surface area contributed by atoms with Crippen LogP contribution in [0.2, 0.25) is 0 Å². The van der Waals surface area contributed by atoms with E-state index >= 15 is 0 Å². The first-order valence-corrected chi connectivity index (χ1v) is 8.19. The van der Waals surface area contributed by atoms with Crippen molar-refractivity contribution in [2.75, 3.05) is 13.2 Å². The van der Waals surface area contributed by atoms with E-state index in [4.69, 9.17) is 4.74 Å². The molecule has 120 valence electrons. The number of nitrogens with one attached hydrogen (secondary N) is 1. The van der Waals surface area contributed by atoms with Crippen molar-refractivity contribution in [3.8, 4) is 0 Å². The van der Waals surface area contributed by atoms with Gasteiger partial charge in [0.25, 0.3) is 0 Å². The average Bonchev–Trinajstić information content (AvgIpc) is 3.08. The maximum absolute atomic E-state index is 12.4. The normalized spacial score (nSPS) is 18.0. The standard InChI is InChI=1S/C16H17N3O3S/c20-15-11-22-10-14(19(15)9-13-5-3-7-23-13)16(21)18-8-12-4-1-2-6-17-12/h1-7,14H,8-11H2,(H,18,21)/t14-/m1/s1. The first-order valence-electron chi connectivity index (χ1n) is 7.31. The van der Waals surface area contributed by atoms with E-state index in [9.17, 15) is 9.59 Å². The molecule has 1 N–H and O–H groups in total.